The number of aromatic nitrogens is 3. The van der Waals surface area contributed by atoms with E-state index in [0.717, 1.165) is 0 Å². The molecule has 1 aromatic carbocycles. The van der Waals surface area contributed by atoms with Gasteiger partial charge in [-0.2, -0.15) is 5.10 Å². The van der Waals surface area contributed by atoms with Gasteiger partial charge in [-0.3, -0.25) is 0 Å². The largest absolute Gasteiger partial charge is 0.477 e. The van der Waals surface area contributed by atoms with Gasteiger partial charge in [0.05, 0.1) is 11.9 Å². The summed E-state index contributed by atoms with van der Waals surface area (Å²) in [6, 6.07) is 9.26. The van der Waals surface area contributed by atoms with Crippen molar-refractivity contribution in [3.05, 3.63) is 66.4 Å². The number of benzene rings is 1. The third-order valence-corrected chi connectivity index (χ3v) is 2.89. The molecule has 6 heteroatoms. The fraction of sp³-hybridized carbons (Fsp3) is 0. The first kappa shape index (κ1) is 12.2. The van der Waals surface area contributed by atoms with Crippen LogP contribution in [-0.4, -0.2) is 25.4 Å². The van der Waals surface area contributed by atoms with Gasteiger partial charge in [-0.1, -0.05) is 0 Å². The Kier molecular flexibility index (Phi) is 2.83. The van der Waals surface area contributed by atoms with Crippen LogP contribution in [0, 0.1) is 5.82 Å². The molecule has 0 fully saturated rings. The lowest BCUT2D eigenvalue weighted by atomic mass is 10.3. The maximum atomic E-state index is 13.0. The number of carboxylic acids is 1. The minimum Gasteiger partial charge on any atom is -0.477 e. The van der Waals surface area contributed by atoms with Gasteiger partial charge in [-0.25, -0.2) is 13.9 Å². The molecule has 1 N–H and O–H groups in total. The molecule has 3 rings (SSSR count). The highest BCUT2D eigenvalue weighted by Crippen LogP contribution is 2.20. The van der Waals surface area contributed by atoms with Crippen LogP contribution in [0.3, 0.4) is 0 Å². The Morgan fingerprint density at radius 2 is 1.80 bits per heavy atom. The smallest absolute Gasteiger partial charge is 0.341 e. The summed E-state index contributed by atoms with van der Waals surface area (Å²) in [7, 11) is 0. The average Bonchev–Trinajstić information content (AvgIpc) is 3.08. The van der Waals surface area contributed by atoms with E-state index < -0.39 is 5.97 Å². The lowest BCUT2D eigenvalue weighted by Gasteiger charge is -2.09. The second-order valence-electron chi connectivity index (χ2n) is 4.17. The van der Waals surface area contributed by atoms with Crippen molar-refractivity contribution in [3.63, 3.8) is 0 Å². The van der Waals surface area contributed by atoms with E-state index in [-0.39, 0.29) is 11.4 Å². The molecule has 0 aliphatic carbocycles. The van der Waals surface area contributed by atoms with Crippen LogP contribution in [0.2, 0.25) is 0 Å². The molecule has 0 spiro atoms. The molecular weight excluding hydrogens is 261 g/mol. The first-order valence-corrected chi connectivity index (χ1v) is 5.87. The Morgan fingerprint density at radius 1 is 1.15 bits per heavy atom. The number of hydrogen-bond donors (Lipinski definition) is 1. The number of halogens is 1. The lowest BCUT2D eigenvalue weighted by molar-refractivity contribution is 0.0697. The Hall–Kier alpha value is -2.89. The molecule has 0 aliphatic heterocycles. The third kappa shape index (κ3) is 1.97. The fourth-order valence-electron chi connectivity index (χ4n) is 1.99. The van der Waals surface area contributed by atoms with Crippen LogP contribution in [0.1, 0.15) is 10.4 Å². The third-order valence-electron chi connectivity index (χ3n) is 2.89. The summed E-state index contributed by atoms with van der Waals surface area (Å²) in [5, 5.41) is 13.3. The highest BCUT2D eigenvalue weighted by molar-refractivity contribution is 5.91. The van der Waals surface area contributed by atoms with E-state index in [9.17, 15) is 14.3 Å². The highest BCUT2D eigenvalue weighted by Gasteiger charge is 2.18. The maximum absolute atomic E-state index is 13.0. The van der Waals surface area contributed by atoms with Crippen LogP contribution in [-0.2, 0) is 0 Å². The second kappa shape index (κ2) is 4.65. The van der Waals surface area contributed by atoms with Crippen molar-refractivity contribution in [2.24, 2.45) is 0 Å². The number of hydrogen-bond acceptors (Lipinski definition) is 2. The van der Waals surface area contributed by atoms with Crippen molar-refractivity contribution in [2.75, 3.05) is 0 Å². The second-order valence-corrected chi connectivity index (χ2v) is 4.17. The predicted octanol–water partition coefficient (Wildman–Crippen LogP) is 2.50. The van der Waals surface area contributed by atoms with E-state index in [0.29, 0.717) is 11.5 Å². The zero-order valence-electron chi connectivity index (χ0n) is 10.3. The van der Waals surface area contributed by atoms with Gasteiger partial charge in [-0.05, 0) is 36.4 Å². The van der Waals surface area contributed by atoms with Gasteiger partial charge >= 0.3 is 5.97 Å². The standard InChI is InChI=1S/C14H10FN3O2/c15-10-3-5-11(6-4-10)18-13(17-7-1-2-8-17)12(9-16-18)14(19)20/h1-9H,(H,19,20). The molecule has 5 nitrogen and oxygen atoms in total. The number of carbonyl (C=O) groups is 1. The van der Waals surface area contributed by atoms with E-state index in [1.54, 1.807) is 41.2 Å². The Balaban J connectivity index is 2.21. The van der Waals surface area contributed by atoms with E-state index in [1.807, 2.05) is 0 Å². The Morgan fingerprint density at radius 3 is 2.40 bits per heavy atom. The minimum absolute atomic E-state index is 0.0746. The highest BCUT2D eigenvalue weighted by atomic mass is 19.1. The molecule has 0 bridgehead atoms. The fourth-order valence-corrected chi connectivity index (χ4v) is 1.99. The van der Waals surface area contributed by atoms with Crippen molar-refractivity contribution in [2.45, 2.75) is 0 Å². The Bertz CT molecular complexity index is 745. The van der Waals surface area contributed by atoms with Gasteiger partial charge in [-0.15, -0.1) is 0 Å². The van der Waals surface area contributed by atoms with Gasteiger partial charge < -0.3 is 9.67 Å². The predicted molar refractivity (Wildman–Crippen MR) is 69.8 cm³/mol. The van der Waals surface area contributed by atoms with Crippen LogP contribution < -0.4 is 0 Å². The van der Waals surface area contributed by atoms with Crippen molar-refractivity contribution < 1.29 is 14.3 Å². The molecule has 2 heterocycles. The molecule has 0 radical (unpaired) electrons. The SMILES string of the molecule is O=C(O)c1cnn(-c2ccc(F)cc2)c1-n1cccc1. The molecule has 0 saturated heterocycles. The molecule has 3 aromatic rings. The van der Waals surface area contributed by atoms with E-state index in [4.69, 9.17) is 0 Å². The van der Waals surface area contributed by atoms with E-state index >= 15 is 0 Å². The van der Waals surface area contributed by atoms with Crippen LogP contribution in [0.25, 0.3) is 11.5 Å². The normalized spacial score (nSPS) is 10.7. The van der Waals surface area contributed by atoms with Gasteiger partial charge in [0, 0.05) is 12.4 Å². The van der Waals surface area contributed by atoms with Crippen molar-refractivity contribution in [1.29, 1.82) is 0 Å². The van der Waals surface area contributed by atoms with Crippen LogP contribution in [0.15, 0.2) is 55.0 Å². The molecule has 20 heavy (non-hydrogen) atoms. The summed E-state index contributed by atoms with van der Waals surface area (Å²) in [6.07, 6.45) is 4.73. The zero-order valence-corrected chi connectivity index (χ0v) is 10.3. The quantitative estimate of drug-likeness (QED) is 0.796. The molecule has 2 aromatic heterocycles. The van der Waals surface area contributed by atoms with Gasteiger partial charge in [0.15, 0.2) is 5.82 Å². The molecule has 0 saturated carbocycles. The molecule has 0 unspecified atom stereocenters. The number of carboxylic acid groups (broad SMARTS) is 1. The number of nitrogens with zero attached hydrogens (tertiary/aromatic N) is 3. The van der Waals surface area contributed by atoms with Crippen LogP contribution in [0.5, 0.6) is 0 Å². The number of rotatable bonds is 3. The summed E-state index contributed by atoms with van der Waals surface area (Å²) in [5.74, 6) is -1.03. The van der Waals surface area contributed by atoms with Gasteiger partial charge in [0.25, 0.3) is 0 Å². The topological polar surface area (TPSA) is 60.0 Å². The maximum Gasteiger partial charge on any atom is 0.341 e. The minimum atomic E-state index is -1.07. The average molecular weight is 271 g/mol. The lowest BCUT2D eigenvalue weighted by Crippen LogP contribution is -2.08. The first-order chi connectivity index (χ1) is 9.66. The molecule has 100 valence electrons. The summed E-state index contributed by atoms with van der Waals surface area (Å²) in [5.41, 5.74) is 0.660. The Labute approximate surface area is 113 Å². The molecular formula is C14H10FN3O2. The summed E-state index contributed by atoms with van der Waals surface area (Å²) >= 11 is 0. The van der Waals surface area contributed by atoms with E-state index in [2.05, 4.69) is 5.10 Å². The monoisotopic (exact) mass is 271 g/mol. The molecule has 0 aliphatic rings. The van der Waals surface area contributed by atoms with Crippen LogP contribution in [0.4, 0.5) is 4.39 Å². The summed E-state index contributed by atoms with van der Waals surface area (Å²) in [6.45, 7) is 0. The van der Waals surface area contributed by atoms with Crippen molar-refractivity contribution in [3.8, 4) is 11.5 Å². The van der Waals surface area contributed by atoms with Gasteiger partial charge in [0.1, 0.15) is 11.4 Å². The first-order valence-electron chi connectivity index (χ1n) is 5.87. The molecule has 0 amide bonds. The van der Waals surface area contributed by atoms with Gasteiger partial charge in [0.2, 0.25) is 0 Å². The van der Waals surface area contributed by atoms with Crippen molar-refractivity contribution in [1.82, 2.24) is 14.3 Å². The molecule has 0 atom stereocenters. The summed E-state index contributed by atoms with van der Waals surface area (Å²) < 4.78 is 16.1. The van der Waals surface area contributed by atoms with Crippen LogP contribution >= 0.6 is 0 Å². The van der Waals surface area contributed by atoms with Crippen molar-refractivity contribution >= 4 is 5.97 Å². The number of aromatic carboxylic acids is 1. The summed E-state index contributed by atoms with van der Waals surface area (Å²) in [4.78, 5) is 11.3. The van der Waals surface area contributed by atoms with E-state index in [1.165, 1.54) is 23.0 Å². The zero-order chi connectivity index (χ0) is 14.1.